The molecule has 6 heteroatoms. The normalized spacial score (nSPS) is 14.1. The number of anilines is 2. The summed E-state index contributed by atoms with van der Waals surface area (Å²) in [6, 6.07) is 12.3. The van der Waals surface area contributed by atoms with E-state index in [1.807, 2.05) is 6.07 Å². The van der Waals surface area contributed by atoms with Gasteiger partial charge in [0.2, 0.25) is 5.91 Å². The van der Waals surface area contributed by atoms with Crippen molar-refractivity contribution in [3.8, 4) is 11.5 Å². The molecule has 6 nitrogen and oxygen atoms in total. The minimum Gasteiger partial charge on any atom is -0.497 e. The fourth-order valence-corrected chi connectivity index (χ4v) is 3.01. The lowest BCUT2D eigenvalue weighted by Crippen LogP contribution is -2.35. The quantitative estimate of drug-likeness (QED) is 0.893. The summed E-state index contributed by atoms with van der Waals surface area (Å²) in [6.07, 6.45) is 2.45. The highest BCUT2D eigenvalue weighted by atomic mass is 16.5. The summed E-state index contributed by atoms with van der Waals surface area (Å²) in [5.41, 5.74) is 1.83. The van der Waals surface area contributed by atoms with Gasteiger partial charge < -0.3 is 19.7 Å². The number of hydrogen-bond acceptors (Lipinski definition) is 4. The van der Waals surface area contributed by atoms with E-state index in [0.717, 1.165) is 18.5 Å². The summed E-state index contributed by atoms with van der Waals surface area (Å²) in [7, 11) is 3.11. The van der Waals surface area contributed by atoms with Crippen LogP contribution in [0.25, 0.3) is 0 Å². The average molecular weight is 354 g/mol. The molecule has 136 valence electrons. The number of nitrogens with zero attached hydrogens (tertiary/aromatic N) is 1. The van der Waals surface area contributed by atoms with Crippen molar-refractivity contribution >= 4 is 23.2 Å². The van der Waals surface area contributed by atoms with Crippen molar-refractivity contribution < 1.29 is 19.1 Å². The van der Waals surface area contributed by atoms with Crippen LogP contribution in [-0.4, -0.2) is 32.6 Å². The van der Waals surface area contributed by atoms with Crippen LogP contribution in [0.4, 0.5) is 11.4 Å². The molecule has 0 spiro atoms. The molecule has 1 saturated heterocycles. The number of ether oxygens (including phenoxy) is 2. The van der Waals surface area contributed by atoms with E-state index in [-0.39, 0.29) is 11.8 Å². The number of benzene rings is 2. The third-order valence-corrected chi connectivity index (χ3v) is 4.38. The third kappa shape index (κ3) is 3.79. The maximum atomic E-state index is 12.4. The first-order valence-electron chi connectivity index (χ1n) is 8.56. The fraction of sp³-hybridized carbons (Fsp3) is 0.300. The Morgan fingerprint density at radius 2 is 1.92 bits per heavy atom. The van der Waals surface area contributed by atoms with Crippen molar-refractivity contribution in [2.24, 2.45) is 0 Å². The highest BCUT2D eigenvalue weighted by molar-refractivity contribution is 6.05. The van der Waals surface area contributed by atoms with E-state index in [2.05, 4.69) is 5.32 Å². The second kappa shape index (κ2) is 7.91. The predicted octanol–water partition coefficient (Wildman–Crippen LogP) is 3.47. The van der Waals surface area contributed by atoms with Gasteiger partial charge >= 0.3 is 0 Å². The van der Waals surface area contributed by atoms with Crippen LogP contribution in [0.15, 0.2) is 42.5 Å². The van der Waals surface area contributed by atoms with Crippen molar-refractivity contribution in [1.82, 2.24) is 0 Å². The lowest BCUT2D eigenvalue weighted by Gasteiger charge is -2.28. The number of carbonyl (C=O) groups excluding carboxylic acids is 2. The average Bonchev–Trinajstić information content (AvgIpc) is 2.68. The minimum atomic E-state index is -0.243. The molecule has 1 N–H and O–H groups in total. The van der Waals surface area contributed by atoms with Crippen molar-refractivity contribution in [2.45, 2.75) is 19.3 Å². The molecule has 1 aliphatic heterocycles. The molecule has 1 heterocycles. The van der Waals surface area contributed by atoms with E-state index in [9.17, 15) is 9.59 Å². The van der Waals surface area contributed by atoms with E-state index in [4.69, 9.17) is 9.47 Å². The summed E-state index contributed by atoms with van der Waals surface area (Å²) >= 11 is 0. The number of nitrogens with one attached hydrogen (secondary N) is 1. The standard InChI is InChI=1S/C20H22N2O4/c1-25-16-7-5-6-14(12-16)20(24)21-15-9-10-17(18(13-15)26-2)22-11-4-3-8-19(22)23/h5-7,9-10,12-13H,3-4,8,11H2,1-2H3,(H,21,24). The zero-order valence-electron chi connectivity index (χ0n) is 15.0. The molecular weight excluding hydrogens is 332 g/mol. The van der Waals surface area contributed by atoms with Gasteiger partial charge in [-0.2, -0.15) is 0 Å². The van der Waals surface area contributed by atoms with E-state index in [0.29, 0.717) is 35.7 Å². The number of hydrogen-bond donors (Lipinski definition) is 1. The molecule has 0 aliphatic carbocycles. The Morgan fingerprint density at radius 3 is 2.65 bits per heavy atom. The van der Waals surface area contributed by atoms with Crippen LogP contribution in [0.5, 0.6) is 11.5 Å². The monoisotopic (exact) mass is 354 g/mol. The van der Waals surface area contributed by atoms with Gasteiger partial charge in [0.05, 0.1) is 19.9 Å². The molecule has 2 amide bonds. The highest BCUT2D eigenvalue weighted by Gasteiger charge is 2.22. The Hall–Kier alpha value is -3.02. The van der Waals surface area contributed by atoms with Gasteiger partial charge in [0.15, 0.2) is 0 Å². The smallest absolute Gasteiger partial charge is 0.255 e. The van der Waals surface area contributed by atoms with Gasteiger partial charge in [0.1, 0.15) is 11.5 Å². The Morgan fingerprint density at radius 1 is 1.08 bits per heavy atom. The first-order valence-corrected chi connectivity index (χ1v) is 8.56. The Bertz CT molecular complexity index is 819. The first kappa shape index (κ1) is 17.8. The van der Waals surface area contributed by atoms with Crippen molar-refractivity contribution in [3.63, 3.8) is 0 Å². The fourth-order valence-electron chi connectivity index (χ4n) is 3.01. The zero-order valence-corrected chi connectivity index (χ0v) is 15.0. The SMILES string of the molecule is COc1cccc(C(=O)Nc2ccc(N3CCCCC3=O)c(OC)c2)c1. The molecule has 0 atom stereocenters. The van der Waals surface area contributed by atoms with Crippen LogP contribution in [0.3, 0.4) is 0 Å². The van der Waals surface area contributed by atoms with Gasteiger partial charge in [-0.05, 0) is 43.2 Å². The molecule has 2 aromatic rings. The molecule has 0 saturated carbocycles. The molecule has 1 aliphatic rings. The van der Waals surface area contributed by atoms with Gasteiger partial charge in [0.25, 0.3) is 5.91 Å². The van der Waals surface area contributed by atoms with Crippen molar-refractivity contribution in [1.29, 1.82) is 0 Å². The second-order valence-corrected chi connectivity index (χ2v) is 6.08. The molecule has 1 fully saturated rings. The molecule has 0 unspecified atom stereocenters. The summed E-state index contributed by atoms with van der Waals surface area (Å²) in [4.78, 5) is 26.4. The van der Waals surface area contributed by atoms with Gasteiger partial charge in [-0.25, -0.2) is 0 Å². The van der Waals surface area contributed by atoms with Crippen molar-refractivity contribution in [2.75, 3.05) is 31.0 Å². The summed E-state index contributed by atoms with van der Waals surface area (Å²) in [5, 5.41) is 2.85. The highest BCUT2D eigenvalue weighted by Crippen LogP contribution is 2.33. The molecule has 2 aromatic carbocycles. The third-order valence-electron chi connectivity index (χ3n) is 4.38. The van der Waals surface area contributed by atoms with Crippen LogP contribution in [0.2, 0.25) is 0 Å². The number of carbonyl (C=O) groups is 2. The summed E-state index contributed by atoms with van der Waals surface area (Å²) in [5.74, 6) is 1.04. The lowest BCUT2D eigenvalue weighted by atomic mass is 10.1. The number of methoxy groups -OCH3 is 2. The Kier molecular flexibility index (Phi) is 5.41. The number of piperidine rings is 1. The van der Waals surface area contributed by atoms with Crippen LogP contribution in [0.1, 0.15) is 29.6 Å². The van der Waals surface area contributed by atoms with Gasteiger partial charge in [-0.15, -0.1) is 0 Å². The van der Waals surface area contributed by atoms with Crippen LogP contribution in [-0.2, 0) is 4.79 Å². The molecule has 26 heavy (non-hydrogen) atoms. The number of amides is 2. The molecular formula is C20H22N2O4. The predicted molar refractivity (Wildman–Crippen MR) is 100 cm³/mol. The lowest BCUT2D eigenvalue weighted by molar-refractivity contribution is -0.119. The van der Waals surface area contributed by atoms with Gasteiger partial charge in [-0.3, -0.25) is 9.59 Å². The number of rotatable bonds is 5. The zero-order chi connectivity index (χ0) is 18.5. The van der Waals surface area contributed by atoms with Crippen LogP contribution < -0.4 is 19.7 Å². The maximum absolute atomic E-state index is 12.4. The Balaban J connectivity index is 1.80. The second-order valence-electron chi connectivity index (χ2n) is 6.08. The van der Waals surface area contributed by atoms with Gasteiger partial charge in [0, 0.05) is 30.3 Å². The van der Waals surface area contributed by atoms with E-state index >= 15 is 0 Å². The molecule has 0 bridgehead atoms. The molecule has 0 radical (unpaired) electrons. The van der Waals surface area contributed by atoms with Crippen LogP contribution >= 0.6 is 0 Å². The minimum absolute atomic E-state index is 0.0997. The largest absolute Gasteiger partial charge is 0.497 e. The summed E-state index contributed by atoms with van der Waals surface area (Å²) < 4.78 is 10.6. The van der Waals surface area contributed by atoms with E-state index < -0.39 is 0 Å². The Labute approximate surface area is 152 Å². The van der Waals surface area contributed by atoms with Crippen LogP contribution in [0, 0.1) is 0 Å². The first-order chi connectivity index (χ1) is 12.6. The molecule has 3 rings (SSSR count). The molecule has 0 aromatic heterocycles. The maximum Gasteiger partial charge on any atom is 0.255 e. The van der Waals surface area contributed by atoms with Crippen molar-refractivity contribution in [3.05, 3.63) is 48.0 Å². The van der Waals surface area contributed by atoms with Gasteiger partial charge in [-0.1, -0.05) is 6.07 Å². The van der Waals surface area contributed by atoms with E-state index in [1.54, 1.807) is 55.5 Å². The summed E-state index contributed by atoms with van der Waals surface area (Å²) in [6.45, 7) is 0.685. The van der Waals surface area contributed by atoms with E-state index in [1.165, 1.54) is 0 Å². The topological polar surface area (TPSA) is 67.9 Å².